The van der Waals surface area contributed by atoms with Crippen molar-refractivity contribution in [1.29, 1.82) is 5.26 Å². The topological polar surface area (TPSA) is 137 Å². The Kier molecular flexibility index (Phi) is 5.72. The van der Waals surface area contributed by atoms with Crippen molar-refractivity contribution >= 4 is 17.8 Å². The van der Waals surface area contributed by atoms with Crippen LogP contribution in [0.4, 0.5) is 0 Å². The number of carboxylic acids is 1. The first-order valence-electron chi connectivity index (χ1n) is 6.54. The predicted octanol–water partition coefficient (Wildman–Crippen LogP) is -0.820. The summed E-state index contributed by atoms with van der Waals surface area (Å²) in [5, 5.41) is 19.9. The molecule has 0 aromatic carbocycles. The molecule has 1 unspecified atom stereocenters. The fourth-order valence-electron chi connectivity index (χ4n) is 1.97. The predicted molar refractivity (Wildman–Crippen MR) is 72.4 cm³/mol. The summed E-state index contributed by atoms with van der Waals surface area (Å²) in [5.41, 5.74) is 5.06. The number of carbonyl (C=O) groups is 3. The third-order valence-corrected chi connectivity index (χ3v) is 3.33. The first kappa shape index (κ1) is 16.5. The SMILES string of the molecule is CC(NC(=O)/C(C#N)=C\N1CCC(C(N)=O)CC1)C(=O)O. The van der Waals surface area contributed by atoms with Gasteiger partial charge in [0.05, 0.1) is 0 Å². The molecule has 0 spiro atoms. The molecule has 1 saturated heterocycles. The number of nitrogens with one attached hydrogen (secondary N) is 1. The molecule has 4 N–H and O–H groups in total. The van der Waals surface area contributed by atoms with Gasteiger partial charge in [-0.25, -0.2) is 0 Å². The van der Waals surface area contributed by atoms with Crippen molar-refractivity contribution in [3.05, 3.63) is 11.8 Å². The Bertz CT molecular complexity index is 501. The molecule has 1 atom stereocenters. The summed E-state index contributed by atoms with van der Waals surface area (Å²) >= 11 is 0. The van der Waals surface area contributed by atoms with E-state index in [0.29, 0.717) is 25.9 Å². The minimum Gasteiger partial charge on any atom is -0.480 e. The molecule has 1 heterocycles. The Morgan fingerprint density at radius 2 is 2.00 bits per heavy atom. The smallest absolute Gasteiger partial charge is 0.325 e. The van der Waals surface area contributed by atoms with Gasteiger partial charge in [-0.2, -0.15) is 5.26 Å². The molecule has 21 heavy (non-hydrogen) atoms. The zero-order valence-corrected chi connectivity index (χ0v) is 11.7. The van der Waals surface area contributed by atoms with Crippen LogP contribution < -0.4 is 11.1 Å². The van der Waals surface area contributed by atoms with E-state index in [0.717, 1.165) is 0 Å². The van der Waals surface area contributed by atoms with Crippen molar-refractivity contribution in [1.82, 2.24) is 10.2 Å². The number of carbonyl (C=O) groups excluding carboxylic acids is 2. The summed E-state index contributed by atoms with van der Waals surface area (Å²) in [5.74, 6) is -2.43. The molecule has 8 nitrogen and oxygen atoms in total. The van der Waals surface area contributed by atoms with Crippen LogP contribution in [0.5, 0.6) is 0 Å². The van der Waals surface area contributed by atoms with Gasteiger partial charge in [0, 0.05) is 25.2 Å². The fraction of sp³-hybridized carbons (Fsp3) is 0.538. The minimum absolute atomic E-state index is 0.166. The van der Waals surface area contributed by atoms with Crippen molar-refractivity contribution in [3.63, 3.8) is 0 Å². The third-order valence-electron chi connectivity index (χ3n) is 3.33. The second-order valence-electron chi connectivity index (χ2n) is 4.90. The molecule has 0 saturated carbocycles. The van der Waals surface area contributed by atoms with Crippen molar-refractivity contribution in [3.8, 4) is 6.07 Å². The number of hydrogen-bond acceptors (Lipinski definition) is 5. The van der Waals surface area contributed by atoms with Gasteiger partial charge < -0.3 is 21.1 Å². The van der Waals surface area contributed by atoms with Crippen LogP contribution in [-0.2, 0) is 14.4 Å². The zero-order chi connectivity index (χ0) is 16.0. The van der Waals surface area contributed by atoms with Crippen molar-refractivity contribution in [2.45, 2.75) is 25.8 Å². The lowest BCUT2D eigenvalue weighted by Crippen LogP contribution is -2.40. The summed E-state index contributed by atoms with van der Waals surface area (Å²) in [7, 11) is 0. The molecule has 0 aromatic heterocycles. The number of nitrogens with zero attached hydrogens (tertiary/aromatic N) is 2. The second kappa shape index (κ2) is 7.28. The van der Waals surface area contributed by atoms with E-state index >= 15 is 0 Å². The highest BCUT2D eigenvalue weighted by atomic mass is 16.4. The van der Waals surface area contributed by atoms with Gasteiger partial charge in [0.15, 0.2) is 0 Å². The number of aliphatic carboxylic acids is 1. The van der Waals surface area contributed by atoms with Crippen molar-refractivity contribution in [2.24, 2.45) is 11.7 Å². The quantitative estimate of drug-likeness (QED) is 0.447. The average Bonchev–Trinajstić information content (AvgIpc) is 2.44. The largest absolute Gasteiger partial charge is 0.480 e. The lowest BCUT2D eigenvalue weighted by Gasteiger charge is -2.29. The number of nitriles is 1. The number of carboxylic acid groups (broad SMARTS) is 1. The molecule has 0 radical (unpaired) electrons. The molecular formula is C13H18N4O4. The molecule has 114 valence electrons. The number of likely N-dealkylation sites (tertiary alicyclic amines) is 1. The second-order valence-corrected chi connectivity index (χ2v) is 4.90. The van der Waals surface area contributed by atoms with Crippen LogP contribution in [0, 0.1) is 17.2 Å². The average molecular weight is 294 g/mol. The number of piperidine rings is 1. The van der Waals surface area contributed by atoms with E-state index in [9.17, 15) is 14.4 Å². The monoisotopic (exact) mass is 294 g/mol. The molecule has 1 fully saturated rings. The van der Waals surface area contributed by atoms with E-state index < -0.39 is 17.9 Å². The van der Waals surface area contributed by atoms with E-state index in [-0.39, 0.29) is 17.4 Å². The Hall–Kier alpha value is -2.56. The van der Waals surface area contributed by atoms with E-state index in [1.54, 1.807) is 11.0 Å². The van der Waals surface area contributed by atoms with Crippen LogP contribution in [0.15, 0.2) is 11.8 Å². The van der Waals surface area contributed by atoms with Gasteiger partial charge in [-0.1, -0.05) is 0 Å². The van der Waals surface area contributed by atoms with Crippen molar-refractivity contribution < 1.29 is 19.5 Å². The van der Waals surface area contributed by atoms with E-state index in [1.165, 1.54) is 13.1 Å². The van der Waals surface area contributed by atoms with Gasteiger partial charge >= 0.3 is 5.97 Å². The molecule has 0 aliphatic carbocycles. The first-order valence-corrected chi connectivity index (χ1v) is 6.54. The van der Waals surface area contributed by atoms with Gasteiger partial charge in [0.2, 0.25) is 5.91 Å². The highest BCUT2D eigenvalue weighted by molar-refractivity contribution is 5.99. The van der Waals surface area contributed by atoms with Gasteiger partial charge in [0.1, 0.15) is 17.7 Å². The summed E-state index contributed by atoms with van der Waals surface area (Å²) in [6.45, 7) is 2.34. The standard InChI is InChI=1S/C13H18N4O4/c1-8(13(20)21)16-12(19)10(6-14)7-17-4-2-9(3-5-17)11(15)18/h7-9H,2-5H2,1H3,(H2,15,18)(H,16,19)(H,20,21)/b10-7-. The maximum atomic E-state index is 11.8. The Balaban J connectivity index is 2.64. The molecule has 8 heteroatoms. The summed E-state index contributed by atoms with van der Waals surface area (Å²) in [6, 6.07) is 0.676. The highest BCUT2D eigenvalue weighted by Crippen LogP contribution is 2.17. The Labute approximate surface area is 122 Å². The molecular weight excluding hydrogens is 276 g/mol. The maximum absolute atomic E-state index is 11.8. The summed E-state index contributed by atoms with van der Waals surface area (Å²) in [6.07, 6.45) is 2.52. The van der Waals surface area contributed by atoms with Crippen molar-refractivity contribution in [2.75, 3.05) is 13.1 Å². The molecule has 2 amide bonds. The number of primary amides is 1. The van der Waals surface area contributed by atoms with E-state index in [2.05, 4.69) is 5.32 Å². The van der Waals surface area contributed by atoms with Gasteiger partial charge in [-0.05, 0) is 19.8 Å². The van der Waals surface area contributed by atoms with Crippen LogP contribution >= 0.6 is 0 Å². The maximum Gasteiger partial charge on any atom is 0.325 e. The highest BCUT2D eigenvalue weighted by Gasteiger charge is 2.23. The van der Waals surface area contributed by atoms with Gasteiger partial charge in [-0.15, -0.1) is 0 Å². The number of rotatable bonds is 5. The van der Waals surface area contributed by atoms with E-state index in [4.69, 9.17) is 16.1 Å². The summed E-state index contributed by atoms with van der Waals surface area (Å²) in [4.78, 5) is 35.2. The van der Waals surface area contributed by atoms with Crippen LogP contribution in [0.3, 0.4) is 0 Å². The first-order chi connectivity index (χ1) is 9.85. The normalized spacial score (nSPS) is 17.7. The Morgan fingerprint density at radius 1 is 1.43 bits per heavy atom. The molecule has 1 aliphatic heterocycles. The van der Waals surface area contributed by atoms with Gasteiger partial charge in [0.25, 0.3) is 5.91 Å². The number of amides is 2. The molecule has 1 aliphatic rings. The number of hydrogen-bond donors (Lipinski definition) is 3. The Morgan fingerprint density at radius 3 is 2.43 bits per heavy atom. The lowest BCUT2D eigenvalue weighted by molar-refractivity contribution is -0.140. The molecule has 1 rings (SSSR count). The summed E-state index contributed by atoms with van der Waals surface area (Å²) < 4.78 is 0. The zero-order valence-electron chi connectivity index (χ0n) is 11.7. The van der Waals surface area contributed by atoms with E-state index in [1.807, 2.05) is 0 Å². The lowest BCUT2D eigenvalue weighted by atomic mass is 9.96. The minimum atomic E-state index is -1.18. The van der Waals surface area contributed by atoms with Crippen LogP contribution in [-0.4, -0.2) is 46.9 Å². The fourth-order valence-corrected chi connectivity index (χ4v) is 1.97. The third kappa shape index (κ3) is 4.80. The van der Waals surface area contributed by atoms with Crippen LogP contribution in [0.2, 0.25) is 0 Å². The molecule has 0 bridgehead atoms. The number of nitrogens with two attached hydrogens (primary N) is 1. The van der Waals surface area contributed by atoms with Crippen LogP contribution in [0.1, 0.15) is 19.8 Å². The van der Waals surface area contributed by atoms with Crippen LogP contribution in [0.25, 0.3) is 0 Å². The van der Waals surface area contributed by atoms with Gasteiger partial charge in [-0.3, -0.25) is 14.4 Å². The molecule has 0 aromatic rings.